The van der Waals surface area contributed by atoms with Gasteiger partial charge < -0.3 is 15.1 Å². The largest absolute Gasteiger partial charge is 0.481 e. The Hall–Kier alpha value is -1.88. The van der Waals surface area contributed by atoms with Crippen LogP contribution in [0.25, 0.3) is 0 Å². The van der Waals surface area contributed by atoms with Crippen LogP contribution in [0.4, 0.5) is 0 Å². The second-order valence-electron chi connectivity index (χ2n) is 4.59. The van der Waals surface area contributed by atoms with E-state index in [1.54, 1.807) is 0 Å². The average Bonchev–Trinajstić information content (AvgIpc) is 2.45. The lowest BCUT2D eigenvalue weighted by atomic mass is 10.1. The first-order chi connectivity index (χ1) is 9.63. The van der Waals surface area contributed by atoms with Crippen molar-refractivity contribution >= 4 is 11.9 Å². The maximum absolute atomic E-state index is 12.1. The van der Waals surface area contributed by atoms with Crippen LogP contribution in [0.3, 0.4) is 0 Å². The molecule has 1 rings (SSSR count). The number of benzene rings is 1. The van der Waals surface area contributed by atoms with E-state index < -0.39 is 5.97 Å². The summed E-state index contributed by atoms with van der Waals surface area (Å²) in [5.74, 6) is -0.988. The SMILES string of the molecule is O=C(O)CCN(CCCO)C(=O)CCc1ccccc1. The molecule has 0 saturated carbocycles. The van der Waals surface area contributed by atoms with Gasteiger partial charge in [0.25, 0.3) is 0 Å². The van der Waals surface area contributed by atoms with Gasteiger partial charge in [-0.05, 0) is 18.4 Å². The van der Waals surface area contributed by atoms with Crippen LogP contribution in [0.1, 0.15) is 24.8 Å². The van der Waals surface area contributed by atoms with Crippen LogP contribution < -0.4 is 0 Å². The van der Waals surface area contributed by atoms with Gasteiger partial charge in [0.1, 0.15) is 0 Å². The Morgan fingerprint density at radius 1 is 1.05 bits per heavy atom. The summed E-state index contributed by atoms with van der Waals surface area (Å²) in [7, 11) is 0. The second-order valence-corrected chi connectivity index (χ2v) is 4.59. The molecule has 0 aromatic heterocycles. The predicted octanol–water partition coefficient (Wildman–Crippen LogP) is 1.30. The third kappa shape index (κ3) is 6.33. The summed E-state index contributed by atoms with van der Waals surface area (Å²) in [5, 5.41) is 17.5. The van der Waals surface area contributed by atoms with Gasteiger partial charge in [-0.2, -0.15) is 0 Å². The first-order valence-corrected chi connectivity index (χ1v) is 6.78. The summed E-state index contributed by atoms with van der Waals surface area (Å²) >= 11 is 0. The lowest BCUT2D eigenvalue weighted by molar-refractivity contribution is -0.138. The van der Waals surface area contributed by atoms with Gasteiger partial charge in [-0.3, -0.25) is 9.59 Å². The van der Waals surface area contributed by atoms with Gasteiger partial charge in [-0.25, -0.2) is 0 Å². The minimum Gasteiger partial charge on any atom is -0.481 e. The summed E-state index contributed by atoms with van der Waals surface area (Å²) in [6, 6.07) is 9.69. The topological polar surface area (TPSA) is 77.8 Å². The van der Waals surface area contributed by atoms with Gasteiger partial charge in [0.05, 0.1) is 6.42 Å². The Morgan fingerprint density at radius 3 is 2.35 bits per heavy atom. The van der Waals surface area contributed by atoms with Gasteiger partial charge in [-0.1, -0.05) is 30.3 Å². The number of carboxylic acids is 1. The van der Waals surface area contributed by atoms with E-state index in [9.17, 15) is 9.59 Å². The smallest absolute Gasteiger partial charge is 0.305 e. The van der Waals surface area contributed by atoms with E-state index in [1.807, 2.05) is 30.3 Å². The van der Waals surface area contributed by atoms with Crippen molar-refractivity contribution in [3.8, 4) is 0 Å². The average molecular weight is 279 g/mol. The molecule has 0 saturated heterocycles. The normalized spacial score (nSPS) is 10.2. The van der Waals surface area contributed by atoms with Crippen molar-refractivity contribution in [2.24, 2.45) is 0 Å². The highest BCUT2D eigenvalue weighted by Crippen LogP contribution is 2.06. The zero-order chi connectivity index (χ0) is 14.8. The Morgan fingerprint density at radius 2 is 1.75 bits per heavy atom. The molecular formula is C15H21NO4. The first kappa shape index (κ1) is 16.2. The molecule has 20 heavy (non-hydrogen) atoms. The molecule has 0 aliphatic carbocycles. The number of aliphatic carboxylic acids is 1. The van der Waals surface area contributed by atoms with E-state index in [1.165, 1.54) is 4.90 Å². The van der Waals surface area contributed by atoms with Crippen LogP contribution in [0.15, 0.2) is 30.3 Å². The molecule has 0 aliphatic rings. The van der Waals surface area contributed by atoms with Crippen LogP contribution >= 0.6 is 0 Å². The molecule has 0 fully saturated rings. The van der Waals surface area contributed by atoms with Crippen molar-refractivity contribution in [1.29, 1.82) is 0 Å². The van der Waals surface area contributed by atoms with Crippen LogP contribution in [0.5, 0.6) is 0 Å². The molecule has 110 valence electrons. The number of hydrogen-bond donors (Lipinski definition) is 2. The highest BCUT2D eigenvalue weighted by molar-refractivity contribution is 5.77. The van der Waals surface area contributed by atoms with E-state index in [-0.39, 0.29) is 25.5 Å². The van der Waals surface area contributed by atoms with E-state index >= 15 is 0 Å². The van der Waals surface area contributed by atoms with E-state index in [2.05, 4.69) is 0 Å². The number of hydrogen-bond acceptors (Lipinski definition) is 3. The third-order valence-electron chi connectivity index (χ3n) is 3.00. The summed E-state index contributed by atoms with van der Waals surface area (Å²) < 4.78 is 0. The molecule has 0 spiro atoms. The minimum atomic E-state index is -0.921. The van der Waals surface area contributed by atoms with Crippen molar-refractivity contribution in [3.05, 3.63) is 35.9 Å². The third-order valence-corrected chi connectivity index (χ3v) is 3.00. The quantitative estimate of drug-likeness (QED) is 0.714. The molecule has 1 aromatic carbocycles. The molecule has 5 nitrogen and oxygen atoms in total. The lowest BCUT2D eigenvalue weighted by Crippen LogP contribution is -2.34. The number of carboxylic acid groups (broad SMARTS) is 1. The number of aryl methyl sites for hydroxylation is 1. The van der Waals surface area contributed by atoms with Crippen molar-refractivity contribution in [2.45, 2.75) is 25.7 Å². The first-order valence-electron chi connectivity index (χ1n) is 6.78. The standard InChI is InChI=1S/C15H21NO4/c17-12-4-10-16(11-9-15(19)20)14(18)8-7-13-5-2-1-3-6-13/h1-3,5-6,17H,4,7-12H2,(H,19,20). The maximum atomic E-state index is 12.1. The number of carbonyl (C=O) groups excluding carboxylic acids is 1. The number of nitrogens with zero attached hydrogens (tertiary/aromatic N) is 1. The fraction of sp³-hybridized carbons (Fsp3) is 0.467. The zero-order valence-electron chi connectivity index (χ0n) is 11.5. The van der Waals surface area contributed by atoms with Gasteiger partial charge in [0, 0.05) is 26.1 Å². The summed E-state index contributed by atoms with van der Waals surface area (Å²) in [6.07, 6.45) is 1.40. The zero-order valence-corrected chi connectivity index (χ0v) is 11.5. The van der Waals surface area contributed by atoms with Crippen LogP contribution in [-0.4, -0.2) is 46.7 Å². The maximum Gasteiger partial charge on any atom is 0.305 e. The van der Waals surface area contributed by atoms with E-state index in [0.29, 0.717) is 25.8 Å². The second kappa shape index (κ2) is 9.09. The number of aliphatic hydroxyl groups excluding tert-OH is 1. The highest BCUT2D eigenvalue weighted by Gasteiger charge is 2.14. The molecular weight excluding hydrogens is 258 g/mol. The van der Waals surface area contributed by atoms with Gasteiger partial charge >= 0.3 is 5.97 Å². The fourth-order valence-corrected chi connectivity index (χ4v) is 1.91. The summed E-state index contributed by atoms with van der Waals surface area (Å²) in [5.41, 5.74) is 1.08. The van der Waals surface area contributed by atoms with Crippen molar-refractivity contribution in [2.75, 3.05) is 19.7 Å². The number of amides is 1. The lowest BCUT2D eigenvalue weighted by Gasteiger charge is -2.21. The van der Waals surface area contributed by atoms with E-state index in [4.69, 9.17) is 10.2 Å². The van der Waals surface area contributed by atoms with Gasteiger partial charge in [-0.15, -0.1) is 0 Å². The fourth-order valence-electron chi connectivity index (χ4n) is 1.91. The molecule has 1 aromatic rings. The van der Waals surface area contributed by atoms with Gasteiger partial charge in [0.2, 0.25) is 5.91 Å². The van der Waals surface area contributed by atoms with E-state index in [0.717, 1.165) is 5.56 Å². The van der Waals surface area contributed by atoms with Crippen LogP contribution in [0.2, 0.25) is 0 Å². The molecule has 0 atom stereocenters. The van der Waals surface area contributed by atoms with Crippen LogP contribution in [-0.2, 0) is 16.0 Å². The molecule has 5 heteroatoms. The summed E-state index contributed by atoms with van der Waals surface area (Å²) in [4.78, 5) is 24.2. The molecule has 0 heterocycles. The van der Waals surface area contributed by atoms with Crippen molar-refractivity contribution in [1.82, 2.24) is 4.90 Å². The number of carbonyl (C=O) groups is 2. The molecule has 0 unspecified atom stereocenters. The monoisotopic (exact) mass is 279 g/mol. The van der Waals surface area contributed by atoms with Crippen molar-refractivity contribution < 1.29 is 19.8 Å². The predicted molar refractivity (Wildman–Crippen MR) is 75.3 cm³/mol. The number of rotatable bonds is 9. The molecule has 2 N–H and O–H groups in total. The summed E-state index contributed by atoms with van der Waals surface area (Å²) in [6.45, 7) is 0.593. The Labute approximate surface area is 118 Å². The molecule has 0 aliphatic heterocycles. The minimum absolute atomic E-state index is 0.00443. The Balaban J connectivity index is 2.46. The molecule has 0 bridgehead atoms. The van der Waals surface area contributed by atoms with Crippen LogP contribution in [0, 0.1) is 0 Å². The Kier molecular flexibility index (Phi) is 7.35. The molecule has 0 radical (unpaired) electrons. The van der Waals surface area contributed by atoms with Gasteiger partial charge in [0.15, 0.2) is 0 Å². The number of aliphatic hydroxyl groups is 1. The highest BCUT2D eigenvalue weighted by atomic mass is 16.4. The molecule has 1 amide bonds. The Bertz CT molecular complexity index is 419. The van der Waals surface area contributed by atoms with Crippen molar-refractivity contribution in [3.63, 3.8) is 0 Å².